The Labute approximate surface area is 133 Å². The van der Waals surface area contributed by atoms with Gasteiger partial charge in [-0.1, -0.05) is 24.6 Å². The van der Waals surface area contributed by atoms with Crippen LogP contribution >= 0.6 is 22.9 Å². The fourth-order valence-corrected chi connectivity index (χ4v) is 3.60. The van der Waals surface area contributed by atoms with Crippen LogP contribution in [0.3, 0.4) is 0 Å². The fourth-order valence-electron chi connectivity index (χ4n) is 2.41. The van der Waals surface area contributed by atoms with Crippen LogP contribution in [0, 0.1) is 5.92 Å². The van der Waals surface area contributed by atoms with Crippen molar-refractivity contribution in [2.24, 2.45) is 5.92 Å². The van der Waals surface area contributed by atoms with Crippen molar-refractivity contribution in [1.29, 1.82) is 0 Å². The SMILES string of the molecule is CNC(c1ccc2c(c1)OCC(C)CO2)c1ccc(Cl)s1. The van der Waals surface area contributed by atoms with Gasteiger partial charge in [0.25, 0.3) is 0 Å². The van der Waals surface area contributed by atoms with Crippen LogP contribution in [0.25, 0.3) is 0 Å². The van der Waals surface area contributed by atoms with E-state index in [0.717, 1.165) is 21.4 Å². The minimum atomic E-state index is 0.108. The Hall–Kier alpha value is -1.23. The van der Waals surface area contributed by atoms with Gasteiger partial charge in [0.15, 0.2) is 11.5 Å². The lowest BCUT2D eigenvalue weighted by molar-refractivity contribution is 0.228. The first-order valence-corrected chi connectivity index (χ1v) is 8.19. The summed E-state index contributed by atoms with van der Waals surface area (Å²) in [6.07, 6.45) is 0. The molecule has 0 spiro atoms. The van der Waals surface area contributed by atoms with E-state index in [4.69, 9.17) is 21.1 Å². The van der Waals surface area contributed by atoms with Crippen LogP contribution in [0.5, 0.6) is 11.5 Å². The Morgan fingerprint density at radius 3 is 2.62 bits per heavy atom. The Balaban J connectivity index is 1.92. The summed E-state index contributed by atoms with van der Waals surface area (Å²) in [5, 5.41) is 3.33. The lowest BCUT2D eigenvalue weighted by Gasteiger charge is -2.17. The van der Waals surface area contributed by atoms with Gasteiger partial charge in [-0.15, -0.1) is 11.3 Å². The molecule has 0 bridgehead atoms. The summed E-state index contributed by atoms with van der Waals surface area (Å²) >= 11 is 7.64. The first-order valence-electron chi connectivity index (χ1n) is 6.99. The maximum absolute atomic E-state index is 6.05. The number of hydrogen-bond acceptors (Lipinski definition) is 4. The molecule has 1 aliphatic heterocycles. The van der Waals surface area contributed by atoms with Gasteiger partial charge < -0.3 is 14.8 Å². The van der Waals surface area contributed by atoms with Gasteiger partial charge in [-0.05, 0) is 36.9 Å². The molecule has 0 saturated heterocycles. The van der Waals surface area contributed by atoms with Gasteiger partial charge in [-0.2, -0.15) is 0 Å². The lowest BCUT2D eigenvalue weighted by atomic mass is 10.0. The zero-order valence-corrected chi connectivity index (χ0v) is 13.6. The van der Waals surface area contributed by atoms with Crippen molar-refractivity contribution in [2.45, 2.75) is 13.0 Å². The van der Waals surface area contributed by atoms with E-state index in [1.54, 1.807) is 11.3 Å². The highest BCUT2D eigenvalue weighted by atomic mass is 35.5. The molecule has 0 aliphatic carbocycles. The van der Waals surface area contributed by atoms with Crippen molar-refractivity contribution in [3.63, 3.8) is 0 Å². The largest absolute Gasteiger partial charge is 0.489 e. The smallest absolute Gasteiger partial charge is 0.161 e. The lowest BCUT2D eigenvalue weighted by Crippen LogP contribution is -2.16. The zero-order chi connectivity index (χ0) is 14.8. The number of nitrogens with one attached hydrogen (secondary N) is 1. The van der Waals surface area contributed by atoms with E-state index in [9.17, 15) is 0 Å². The van der Waals surface area contributed by atoms with Gasteiger partial charge in [0.05, 0.1) is 23.6 Å². The van der Waals surface area contributed by atoms with Crippen LogP contribution in [0.4, 0.5) is 0 Å². The summed E-state index contributed by atoms with van der Waals surface area (Å²) in [4.78, 5) is 1.19. The second-order valence-electron chi connectivity index (χ2n) is 5.30. The number of benzene rings is 1. The second-order valence-corrected chi connectivity index (χ2v) is 7.04. The number of fused-ring (bicyclic) bond motifs is 1. The highest BCUT2D eigenvalue weighted by molar-refractivity contribution is 7.16. The van der Waals surface area contributed by atoms with Crippen LogP contribution in [-0.2, 0) is 0 Å². The third-order valence-corrected chi connectivity index (χ3v) is 4.81. The summed E-state index contributed by atoms with van der Waals surface area (Å²) in [6, 6.07) is 10.2. The monoisotopic (exact) mass is 323 g/mol. The molecule has 1 aromatic carbocycles. The van der Waals surface area contributed by atoms with Gasteiger partial charge in [0.1, 0.15) is 0 Å². The summed E-state index contributed by atoms with van der Waals surface area (Å²) in [5.74, 6) is 2.04. The van der Waals surface area contributed by atoms with Crippen molar-refractivity contribution in [3.05, 3.63) is 45.1 Å². The molecule has 0 amide bonds. The summed E-state index contributed by atoms with van der Waals surface area (Å²) in [5.41, 5.74) is 1.15. The molecule has 0 saturated carbocycles. The van der Waals surface area contributed by atoms with Gasteiger partial charge in [-0.25, -0.2) is 0 Å². The van der Waals surface area contributed by atoms with E-state index in [1.165, 1.54) is 4.88 Å². The van der Waals surface area contributed by atoms with Gasteiger partial charge >= 0.3 is 0 Å². The molecule has 1 aliphatic rings. The topological polar surface area (TPSA) is 30.5 Å². The van der Waals surface area contributed by atoms with Crippen molar-refractivity contribution >= 4 is 22.9 Å². The number of halogens is 1. The molecule has 2 unspecified atom stereocenters. The Morgan fingerprint density at radius 1 is 1.19 bits per heavy atom. The molecule has 2 atom stereocenters. The fraction of sp³-hybridized carbons (Fsp3) is 0.375. The van der Waals surface area contributed by atoms with Crippen LogP contribution in [0.2, 0.25) is 4.34 Å². The Kier molecular flexibility index (Phi) is 4.38. The highest BCUT2D eigenvalue weighted by Gasteiger charge is 2.19. The van der Waals surface area contributed by atoms with Crippen LogP contribution in [0.15, 0.2) is 30.3 Å². The highest BCUT2D eigenvalue weighted by Crippen LogP contribution is 2.36. The Morgan fingerprint density at radius 2 is 1.95 bits per heavy atom. The molecule has 1 aromatic heterocycles. The number of ether oxygens (including phenoxy) is 2. The van der Waals surface area contributed by atoms with E-state index in [-0.39, 0.29) is 6.04 Å². The minimum absolute atomic E-state index is 0.108. The summed E-state index contributed by atoms with van der Waals surface area (Å²) in [7, 11) is 1.95. The first-order chi connectivity index (χ1) is 10.2. The van der Waals surface area contributed by atoms with E-state index >= 15 is 0 Å². The van der Waals surface area contributed by atoms with Crippen molar-refractivity contribution in [2.75, 3.05) is 20.3 Å². The third-order valence-electron chi connectivity index (χ3n) is 3.51. The van der Waals surface area contributed by atoms with Crippen LogP contribution in [0.1, 0.15) is 23.4 Å². The van der Waals surface area contributed by atoms with E-state index < -0.39 is 0 Å². The zero-order valence-electron chi connectivity index (χ0n) is 12.1. The molecule has 5 heteroatoms. The maximum atomic E-state index is 6.05. The van der Waals surface area contributed by atoms with Crippen molar-refractivity contribution in [1.82, 2.24) is 5.32 Å². The van der Waals surface area contributed by atoms with E-state index in [2.05, 4.69) is 30.4 Å². The van der Waals surface area contributed by atoms with Gasteiger partial charge in [-0.3, -0.25) is 0 Å². The predicted molar refractivity (Wildman–Crippen MR) is 86.8 cm³/mol. The van der Waals surface area contributed by atoms with Gasteiger partial charge in [0.2, 0.25) is 0 Å². The molecule has 112 valence electrons. The molecule has 0 fully saturated rings. The quantitative estimate of drug-likeness (QED) is 0.921. The minimum Gasteiger partial charge on any atom is -0.489 e. The van der Waals surface area contributed by atoms with Crippen LogP contribution in [-0.4, -0.2) is 20.3 Å². The molecule has 0 radical (unpaired) electrons. The first kappa shape index (κ1) is 14.7. The number of hydrogen-bond donors (Lipinski definition) is 1. The van der Waals surface area contributed by atoms with E-state index in [1.807, 2.05) is 19.2 Å². The molecule has 1 N–H and O–H groups in total. The molecule has 3 nitrogen and oxygen atoms in total. The average Bonchev–Trinajstić information content (AvgIpc) is 2.81. The van der Waals surface area contributed by atoms with E-state index in [0.29, 0.717) is 19.1 Å². The number of rotatable bonds is 3. The second kappa shape index (κ2) is 6.26. The van der Waals surface area contributed by atoms with Crippen LogP contribution < -0.4 is 14.8 Å². The third kappa shape index (κ3) is 3.18. The average molecular weight is 324 g/mol. The normalized spacial score (nSPS) is 19.1. The summed E-state index contributed by atoms with van der Waals surface area (Å²) in [6.45, 7) is 3.50. The molecule has 21 heavy (non-hydrogen) atoms. The number of thiophene rings is 1. The molecule has 3 rings (SSSR count). The maximum Gasteiger partial charge on any atom is 0.161 e. The standard InChI is InChI=1S/C16H18ClNO2S/c1-10-8-19-12-4-3-11(7-13(12)20-9-10)16(18-2)14-5-6-15(17)21-14/h3-7,10,16,18H,8-9H2,1-2H3. The van der Waals surface area contributed by atoms with Crippen molar-refractivity contribution < 1.29 is 9.47 Å². The Bertz CT molecular complexity index is 628. The summed E-state index contributed by atoms with van der Waals surface area (Å²) < 4.78 is 12.4. The molecule has 2 aromatic rings. The molecular weight excluding hydrogens is 306 g/mol. The predicted octanol–water partition coefficient (Wildman–Crippen LogP) is 4.12. The van der Waals surface area contributed by atoms with Gasteiger partial charge in [0, 0.05) is 10.8 Å². The molecule has 2 heterocycles. The van der Waals surface area contributed by atoms with Crippen molar-refractivity contribution in [3.8, 4) is 11.5 Å². The molecular formula is C16H18ClNO2S.